The zero-order valence-electron chi connectivity index (χ0n) is 14.0. The Morgan fingerprint density at radius 3 is 2.25 bits per heavy atom. The summed E-state index contributed by atoms with van der Waals surface area (Å²) in [6.07, 6.45) is 0. The van der Waals surface area contributed by atoms with E-state index in [2.05, 4.69) is 4.85 Å². The van der Waals surface area contributed by atoms with Gasteiger partial charge in [0.25, 0.3) is 0 Å². The summed E-state index contributed by atoms with van der Waals surface area (Å²) in [5.41, 5.74) is 2.63. The summed E-state index contributed by atoms with van der Waals surface area (Å²) in [7, 11) is -2.30. The van der Waals surface area contributed by atoms with Gasteiger partial charge in [0.15, 0.2) is 5.69 Å². The number of rotatable bonds is 4. The molecule has 0 aliphatic carbocycles. The third kappa shape index (κ3) is 2.81. The van der Waals surface area contributed by atoms with E-state index >= 15 is 0 Å². The first kappa shape index (κ1) is 17.8. The molecule has 0 saturated heterocycles. The van der Waals surface area contributed by atoms with E-state index in [0.29, 0.717) is 28.2 Å². The summed E-state index contributed by atoms with van der Waals surface area (Å²) in [5.74, 6) is -0.676. The van der Waals surface area contributed by atoms with Gasteiger partial charge in [-0.1, -0.05) is 24.3 Å². The van der Waals surface area contributed by atoms with Crippen molar-refractivity contribution in [2.24, 2.45) is 0 Å². The molecule has 0 aliphatic rings. The van der Waals surface area contributed by atoms with Gasteiger partial charge in [-0.3, -0.25) is 0 Å². The van der Waals surface area contributed by atoms with Crippen LogP contribution in [0.3, 0.4) is 0 Å². The molecule has 126 valence electrons. The van der Waals surface area contributed by atoms with Crippen molar-refractivity contribution in [1.29, 1.82) is 0 Å². The number of hydrogen-bond acceptors (Lipinski definition) is 4. The molecule has 24 heavy (non-hydrogen) atoms. The molecular weight excluding hydrogens is 328 g/mol. The Kier molecular flexibility index (Phi) is 4.81. The van der Waals surface area contributed by atoms with Crippen LogP contribution in [-0.4, -0.2) is 31.2 Å². The summed E-state index contributed by atoms with van der Waals surface area (Å²) in [5, 5.41) is 0. The van der Waals surface area contributed by atoms with Gasteiger partial charge in [0.1, 0.15) is 0 Å². The zero-order chi connectivity index (χ0) is 18.1. The first-order chi connectivity index (χ1) is 11.3. The summed E-state index contributed by atoms with van der Waals surface area (Å²) in [6, 6.07) is 6.66. The van der Waals surface area contributed by atoms with Crippen molar-refractivity contribution in [2.75, 3.05) is 12.9 Å². The first-order valence-corrected chi connectivity index (χ1v) is 8.90. The smallest absolute Gasteiger partial charge is 0.340 e. The minimum absolute atomic E-state index is 0.0833. The van der Waals surface area contributed by atoms with Crippen LogP contribution in [0.4, 0.5) is 5.69 Å². The van der Waals surface area contributed by atoms with Crippen molar-refractivity contribution in [3.8, 4) is 11.1 Å². The van der Waals surface area contributed by atoms with Crippen molar-refractivity contribution < 1.29 is 17.9 Å². The van der Waals surface area contributed by atoms with Crippen LogP contribution < -0.4 is 0 Å². The lowest BCUT2D eigenvalue weighted by Gasteiger charge is -2.09. The number of ether oxygens (including phenoxy) is 1. The Bertz CT molecular complexity index is 932. The Balaban J connectivity index is 2.86. The Labute approximate surface area is 141 Å². The zero-order valence-corrected chi connectivity index (χ0v) is 14.8. The molecule has 1 aromatic carbocycles. The SMILES string of the molecule is [C-]#[N+]c1ccc(-c2c(C(=O)OC)c(C)n(S(=O)(=O)CC)c2C)cc1. The third-order valence-corrected chi connectivity index (χ3v) is 5.73. The van der Waals surface area contributed by atoms with E-state index in [1.807, 2.05) is 0 Å². The van der Waals surface area contributed by atoms with Gasteiger partial charge in [-0.25, -0.2) is 22.0 Å². The highest BCUT2D eigenvalue weighted by Crippen LogP contribution is 2.34. The van der Waals surface area contributed by atoms with Crippen molar-refractivity contribution in [3.05, 3.63) is 52.6 Å². The lowest BCUT2D eigenvalue weighted by atomic mass is 10.0. The quantitative estimate of drug-likeness (QED) is 0.629. The molecule has 0 N–H and O–H groups in total. The summed E-state index contributed by atoms with van der Waals surface area (Å²) in [6.45, 7) is 11.8. The molecule has 0 fully saturated rings. The molecule has 6 nitrogen and oxygen atoms in total. The maximum absolute atomic E-state index is 12.4. The van der Waals surface area contributed by atoms with Crippen LogP contribution in [0.1, 0.15) is 28.7 Å². The number of nitrogens with zero attached hydrogens (tertiary/aromatic N) is 2. The van der Waals surface area contributed by atoms with E-state index in [-0.39, 0.29) is 11.3 Å². The van der Waals surface area contributed by atoms with Crippen molar-refractivity contribution >= 4 is 21.7 Å². The van der Waals surface area contributed by atoms with E-state index in [0.717, 1.165) is 0 Å². The van der Waals surface area contributed by atoms with Crippen molar-refractivity contribution in [3.63, 3.8) is 0 Å². The normalized spacial score (nSPS) is 11.1. The van der Waals surface area contributed by atoms with Gasteiger partial charge >= 0.3 is 5.97 Å². The van der Waals surface area contributed by atoms with E-state index in [1.165, 1.54) is 11.1 Å². The van der Waals surface area contributed by atoms with Crippen molar-refractivity contribution in [2.45, 2.75) is 20.8 Å². The fourth-order valence-electron chi connectivity index (χ4n) is 2.77. The molecule has 0 saturated carbocycles. The fourth-order valence-corrected chi connectivity index (χ4v) is 4.05. The third-order valence-electron chi connectivity index (χ3n) is 3.90. The summed E-state index contributed by atoms with van der Waals surface area (Å²) < 4.78 is 30.9. The largest absolute Gasteiger partial charge is 0.465 e. The Hall–Kier alpha value is -2.59. The highest BCUT2D eigenvalue weighted by molar-refractivity contribution is 7.89. The van der Waals surface area contributed by atoms with Crippen LogP contribution in [-0.2, 0) is 14.8 Å². The molecule has 0 radical (unpaired) electrons. The monoisotopic (exact) mass is 346 g/mol. The van der Waals surface area contributed by atoms with Gasteiger partial charge in [0, 0.05) is 17.0 Å². The highest BCUT2D eigenvalue weighted by atomic mass is 32.2. The molecule has 1 heterocycles. The molecule has 0 unspecified atom stereocenters. The molecule has 0 spiro atoms. The van der Waals surface area contributed by atoms with Crippen LogP contribution in [0.5, 0.6) is 0 Å². The van der Waals surface area contributed by atoms with Crippen molar-refractivity contribution in [1.82, 2.24) is 3.97 Å². The standard InChI is InChI=1S/C17H18N2O4S/c1-6-24(21,22)19-11(2)15(16(12(19)3)17(20)23-5)13-7-9-14(18-4)10-8-13/h7-10H,6H2,1-3,5H3. The number of carbonyl (C=O) groups excluding carboxylic acids is 1. The average molecular weight is 346 g/mol. The van der Waals surface area contributed by atoms with Crippen LogP contribution in [0.15, 0.2) is 24.3 Å². The lowest BCUT2D eigenvalue weighted by Crippen LogP contribution is -2.18. The Morgan fingerprint density at radius 1 is 1.21 bits per heavy atom. The molecule has 2 aromatic rings. The van der Waals surface area contributed by atoms with E-state index in [1.54, 1.807) is 45.0 Å². The molecular formula is C17H18N2O4S. The molecule has 2 rings (SSSR count). The number of hydrogen-bond donors (Lipinski definition) is 0. The second-order valence-corrected chi connectivity index (χ2v) is 7.34. The van der Waals surface area contributed by atoms with Gasteiger partial charge in [0.05, 0.1) is 25.0 Å². The van der Waals surface area contributed by atoms with E-state index in [4.69, 9.17) is 11.3 Å². The highest BCUT2D eigenvalue weighted by Gasteiger charge is 2.29. The predicted octanol–water partition coefficient (Wildman–Crippen LogP) is 3.31. The number of aromatic nitrogens is 1. The van der Waals surface area contributed by atoms with Gasteiger partial charge in [-0.05, 0) is 26.3 Å². The first-order valence-electron chi connectivity index (χ1n) is 7.29. The second-order valence-electron chi connectivity index (χ2n) is 5.24. The topological polar surface area (TPSA) is 69.7 Å². The lowest BCUT2D eigenvalue weighted by molar-refractivity contribution is 0.0601. The molecule has 7 heteroatoms. The Morgan fingerprint density at radius 2 is 1.79 bits per heavy atom. The van der Waals surface area contributed by atoms with Crippen LogP contribution in [0, 0.1) is 20.4 Å². The maximum Gasteiger partial charge on any atom is 0.340 e. The summed E-state index contributed by atoms with van der Waals surface area (Å²) in [4.78, 5) is 15.6. The number of methoxy groups -OCH3 is 1. The number of esters is 1. The average Bonchev–Trinajstić information content (AvgIpc) is 2.85. The minimum atomic E-state index is -3.56. The van der Waals surface area contributed by atoms with E-state index in [9.17, 15) is 13.2 Å². The molecule has 0 atom stereocenters. The van der Waals surface area contributed by atoms with E-state index < -0.39 is 16.0 Å². The van der Waals surface area contributed by atoms with Gasteiger partial charge in [0.2, 0.25) is 10.0 Å². The summed E-state index contributed by atoms with van der Waals surface area (Å²) >= 11 is 0. The predicted molar refractivity (Wildman–Crippen MR) is 91.8 cm³/mol. The molecule has 0 bridgehead atoms. The van der Waals surface area contributed by atoms with Gasteiger partial charge in [-0.2, -0.15) is 0 Å². The molecule has 1 aromatic heterocycles. The fraction of sp³-hybridized carbons (Fsp3) is 0.294. The second kappa shape index (κ2) is 6.49. The maximum atomic E-state index is 12.4. The number of benzene rings is 1. The van der Waals surface area contributed by atoms with Crippen LogP contribution >= 0.6 is 0 Å². The van der Waals surface area contributed by atoms with Gasteiger partial charge < -0.3 is 4.74 Å². The minimum Gasteiger partial charge on any atom is -0.465 e. The molecule has 0 amide bonds. The van der Waals surface area contributed by atoms with Gasteiger partial charge in [-0.15, -0.1) is 0 Å². The number of carbonyl (C=O) groups is 1. The van der Waals surface area contributed by atoms with Crippen LogP contribution in [0.2, 0.25) is 0 Å². The molecule has 0 aliphatic heterocycles. The van der Waals surface area contributed by atoms with Crippen LogP contribution in [0.25, 0.3) is 16.0 Å².